The summed E-state index contributed by atoms with van der Waals surface area (Å²) in [5.41, 5.74) is 5.91. The summed E-state index contributed by atoms with van der Waals surface area (Å²) in [7, 11) is 0. The lowest BCUT2D eigenvalue weighted by Gasteiger charge is -2.05. The predicted molar refractivity (Wildman–Crippen MR) is 44.3 cm³/mol. The standard InChI is InChI=1S/C7H11N3S/c8-6(5-1-2-5)3-7-9-4-10-11-7/h4-6H,1-3,8H2. The predicted octanol–water partition coefficient (Wildman–Crippen LogP) is 0.818. The Kier molecular flexibility index (Phi) is 1.87. The van der Waals surface area contributed by atoms with Gasteiger partial charge in [-0.25, -0.2) is 4.98 Å². The van der Waals surface area contributed by atoms with Crippen molar-refractivity contribution < 1.29 is 0 Å². The molecule has 1 saturated carbocycles. The largest absolute Gasteiger partial charge is 0.327 e. The molecule has 0 bridgehead atoms. The minimum Gasteiger partial charge on any atom is -0.327 e. The topological polar surface area (TPSA) is 51.8 Å². The highest BCUT2D eigenvalue weighted by Gasteiger charge is 2.28. The van der Waals surface area contributed by atoms with E-state index in [0.717, 1.165) is 17.3 Å². The molecule has 1 aromatic heterocycles. The van der Waals surface area contributed by atoms with Crippen molar-refractivity contribution in [3.8, 4) is 0 Å². The smallest absolute Gasteiger partial charge is 0.129 e. The Balaban J connectivity index is 1.89. The lowest BCUT2D eigenvalue weighted by Crippen LogP contribution is -2.24. The van der Waals surface area contributed by atoms with E-state index in [1.165, 1.54) is 24.4 Å². The van der Waals surface area contributed by atoms with Crippen LogP contribution < -0.4 is 5.73 Å². The molecule has 1 unspecified atom stereocenters. The third-order valence-corrected chi connectivity index (χ3v) is 2.73. The second kappa shape index (κ2) is 2.87. The molecule has 11 heavy (non-hydrogen) atoms. The summed E-state index contributed by atoms with van der Waals surface area (Å²) in [4.78, 5) is 4.09. The van der Waals surface area contributed by atoms with Gasteiger partial charge in [0.25, 0.3) is 0 Å². The van der Waals surface area contributed by atoms with E-state index in [-0.39, 0.29) is 0 Å². The van der Waals surface area contributed by atoms with Crippen molar-refractivity contribution in [2.24, 2.45) is 11.7 Å². The molecule has 1 heterocycles. The lowest BCUT2D eigenvalue weighted by atomic mass is 10.1. The van der Waals surface area contributed by atoms with Crippen LogP contribution in [0.1, 0.15) is 17.8 Å². The van der Waals surface area contributed by atoms with Crippen LogP contribution in [0, 0.1) is 5.92 Å². The van der Waals surface area contributed by atoms with Crippen LogP contribution in [-0.4, -0.2) is 15.4 Å². The van der Waals surface area contributed by atoms with Gasteiger partial charge in [0.15, 0.2) is 0 Å². The molecule has 0 amide bonds. The molecular weight excluding hydrogens is 158 g/mol. The Morgan fingerprint density at radius 1 is 1.73 bits per heavy atom. The second-order valence-corrected chi connectivity index (χ2v) is 3.91. The van der Waals surface area contributed by atoms with Crippen molar-refractivity contribution in [1.29, 1.82) is 0 Å². The normalized spacial score (nSPS) is 20.1. The van der Waals surface area contributed by atoms with E-state index >= 15 is 0 Å². The van der Waals surface area contributed by atoms with Crippen molar-refractivity contribution in [2.45, 2.75) is 25.3 Å². The summed E-state index contributed by atoms with van der Waals surface area (Å²) < 4.78 is 3.93. The average Bonchev–Trinajstić information content (AvgIpc) is 2.73. The van der Waals surface area contributed by atoms with Gasteiger partial charge in [-0.2, -0.15) is 4.37 Å². The number of rotatable bonds is 3. The monoisotopic (exact) mass is 169 g/mol. The summed E-state index contributed by atoms with van der Waals surface area (Å²) >= 11 is 1.46. The Bertz CT molecular complexity index is 218. The molecule has 0 radical (unpaired) electrons. The summed E-state index contributed by atoms with van der Waals surface area (Å²) in [5.74, 6) is 0.763. The Morgan fingerprint density at radius 2 is 2.55 bits per heavy atom. The zero-order valence-electron chi connectivity index (χ0n) is 6.23. The molecule has 2 N–H and O–H groups in total. The van der Waals surface area contributed by atoms with Crippen LogP contribution in [0.5, 0.6) is 0 Å². The first-order chi connectivity index (χ1) is 5.36. The van der Waals surface area contributed by atoms with Gasteiger partial charge in [0.1, 0.15) is 11.3 Å². The van der Waals surface area contributed by atoms with E-state index < -0.39 is 0 Å². The number of aromatic nitrogens is 2. The van der Waals surface area contributed by atoms with Gasteiger partial charge in [0.05, 0.1) is 0 Å². The van der Waals surface area contributed by atoms with E-state index in [1.807, 2.05) is 0 Å². The minimum absolute atomic E-state index is 0.322. The number of nitrogens with two attached hydrogens (primary N) is 1. The number of hydrogen-bond donors (Lipinski definition) is 1. The van der Waals surface area contributed by atoms with E-state index in [1.54, 1.807) is 6.33 Å². The van der Waals surface area contributed by atoms with Gasteiger partial charge in [-0.3, -0.25) is 0 Å². The first-order valence-corrected chi connectivity index (χ1v) is 4.65. The number of hydrogen-bond acceptors (Lipinski definition) is 4. The van der Waals surface area contributed by atoms with Crippen molar-refractivity contribution in [3.63, 3.8) is 0 Å². The lowest BCUT2D eigenvalue weighted by molar-refractivity contribution is 0.590. The minimum atomic E-state index is 0.322. The fourth-order valence-electron chi connectivity index (χ4n) is 1.18. The van der Waals surface area contributed by atoms with Crippen molar-refractivity contribution >= 4 is 11.5 Å². The molecule has 2 rings (SSSR count). The van der Waals surface area contributed by atoms with Crippen LogP contribution in [0.4, 0.5) is 0 Å². The van der Waals surface area contributed by atoms with E-state index in [0.29, 0.717) is 6.04 Å². The maximum Gasteiger partial charge on any atom is 0.129 e. The molecule has 1 aliphatic rings. The van der Waals surface area contributed by atoms with Gasteiger partial charge in [0, 0.05) is 12.5 Å². The summed E-state index contributed by atoms with van der Waals surface area (Å²) in [6.45, 7) is 0. The Morgan fingerprint density at radius 3 is 3.09 bits per heavy atom. The van der Waals surface area contributed by atoms with Gasteiger partial charge >= 0.3 is 0 Å². The van der Waals surface area contributed by atoms with Crippen LogP contribution in [0.2, 0.25) is 0 Å². The zero-order chi connectivity index (χ0) is 7.68. The third kappa shape index (κ3) is 1.75. The molecule has 0 aliphatic heterocycles. The zero-order valence-corrected chi connectivity index (χ0v) is 7.05. The fourth-order valence-corrected chi connectivity index (χ4v) is 1.76. The van der Waals surface area contributed by atoms with Gasteiger partial charge in [-0.1, -0.05) is 0 Å². The summed E-state index contributed by atoms with van der Waals surface area (Å²) in [5, 5.41) is 1.07. The highest BCUT2D eigenvalue weighted by Crippen LogP contribution is 2.32. The van der Waals surface area contributed by atoms with E-state index in [4.69, 9.17) is 5.73 Å². The first kappa shape index (κ1) is 7.18. The molecule has 1 atom stereocenters. The van der Waals surface area contributed by atoms with Crippen molar-refractivity contribution in [1.82, 2.24) is 9.36 Å². The third-order valence-electron chi connectivity index (χ3n) is 2.04. The maximum absolute atomic E-state index is 5.91. The highest BCUT2D eigenvalue weighted by atomic mass is 32.1. The molecule has 4 heteroatoms. The average molecular weight is 169 g/mol. The van der Waals surface area contributed by atoms with Crippen molar-refractivity contribution in [2.75, 3.05) is 0 Å². The van der Waals surface area contributed by atoms with Gasteiger partial charge < -0.3 is 5.73 Å². The molecule has 1 fully saturated rings. The van der Waals surface area contributed by atoms with Crippen LogP contribution in [0.15, 0.2) is 6.33 Å². The van der Waals surface area contributed by atoms with Crippen LogP contribution in [0.25, 0.3) is 0 Å². The van der Waals surface area contributed by atoms with Gasteiger partial charge in [-0.05, 0) is 30.3 Å². The first-order valence-electron chi connectivity index (χ1n) is 3.87. The SMILES string of the molecule is NC(Cc1ncns1)C1CC1. The molecule has 0 aromatic carbocycles. The number of nitrogens with zero attached hydrogens (tertiary/aromatic N) is 2. The van der Waals surface area contributed by atoms with E-state index in [2.05, 4.69) is 9.36 Å². The van der Waals surface area contributed by atoms with E-state index in [9.17, 15) is 0 Å². The van der Waals surface area contributed by atoms with Crippen LogP contribution >= 0.6 is 11.5 Å². The van der Waals surface area contributed by atoms with Crippen LogP contribution in [0.3, 0.4) is 0 Å². The Labute approximate surface area is 69.8 Å². The highest BCUT2D eigenvalue weighted by molar-refractivity contribution is 7.05. The second-order valence-electron chi connectivity index (χ2n) is 3.04. The fraction of sp³-hybridized carbons (Fsp3) is 0.714. The molecule has 1 aromatic rings. The summed E-state index contributed by atoms with van der Waals surface area (Å²) in [6.07, 6.45) is 5.12. The quantitative estimate of drug-likeness (QED) is 0.728. The molecular formula is C7H11N3S. The molecule has 0 saturated heterocycles. The Hall–Kier alpha value is -0.480. The molecule has 3 nitrogen and oxygen atoms in total. The molecule has 0 spiro atoms. The van der Waals surface area contributed by atoms with Gasteiger partial charge in [-0.15, -0.1) is 0 Å². The summed E-state index contributed by atoms with van der Waals surface area (Å²) in [6, 6.07) is 0.322. The van der Waals surface area contributed by atoms with Gasteiger partial charge in [0.2, 0.25) is 0 Å². The van der Waals surface area contributed by atoms with Crippen LogP contribution in [-0.2, 0) is 6.42 Å². The molecule has 60 valence electrons. The maximum atomic E-state index is 5.91. The van der Waals surface area contributed by atoms with Crippen molar-refractivity contribution in [3.05, 3.63) is 11.3 Å². The molecule has 1 aliphatic carbocycles.